The minimum absolute atomic E-state index is 0.236. The number of fused-ring (bicyclic) bond motifs is 1. The van der Waals surface area contributed by atoms with E-state index in [0.29, 0.717) is 18.1 Å². The van der Waals surface area contributed by atoms with Gasteiger partial charge in [0.1, 0.15) is 23.9 Å². The van der Waals surface area contributed by atoms with Crippen molar-refractivity contribution in [1.82, 2.24) is 0 Å². The van der Waals surface area contributed by atoms with E-state index in [4.69, 9.17) is 9.47 Å². The zero-order valence-electron chi connectivity index (χ0n) is 21.0. The van der Waals surface area contributed by atoms with Crippen molar-refractivity contribution in [3.63, 3.8) is 0 Å². The minimum atomic E-state index is -0.555. The summed E-state index contributed by atoms with van der Waals surface area (Å²) in [6, 6.07) is 11.6. The van der Waals surface area contributed by atoms with E-state index in [1.165, 1.54) is 57.4 Å². The predicted molar refractivity (Wildman–Crippen MR) is 139 cm³/mol. The maximum Gasteiger partial charge on any atom is 0.343 e. The molecular formula is C31H39FO3. The Labute approximate surface area is 209 Å². The van der Waals surface area contributed by atoms with E-state index in [1.54, 1.807) is 42.5 Å². The van der Waals surface area contributed by atoms with Gasteiger partial charge in [-0.25, -0.2) is 9.18 Å². The van der Waals surface area contributed by atoms with E-state index in [0.717, 1.165) is 36.2 Å². The van der Waals surface area contributed by atoms with E-state index in [1.807, 2.05) is 0 Å². The highest BCUT2D eigenvalue weighted by Gasteiger charge is 2.36. The molecule has 0 aliphatic heterocycles. The molecule has 0 bridgehead atoms. The fourth-order valence-corrected chi connectivity index (χ4v) is 6.12. The van der Waals surface area contributed by atoms with Gasteiger partial charge in [-0.15, -0.1) is 0 Å². The van der Waals surface area contributed by atoms with Crippen LogP contribution < -0.4 is 9.47 Å². The molecule has 2 aromatic carbocycles. The van der Waals surface area contributed by atoms with Gasteiger partial charge in [0.05, 0.1) is 5.56 Å². The number of halogens is 1. The standard InChI is InChI=1S/C31H39FO3/c1-3-5-6-7-22-8-9-24-20-25(11-10-23(24)19-22)29-17-12-26(21-30(29)32)31(33)35-28-15-13-27(14-16-28)34-18-4-2/h4,12-17,21-25H,2-3,5-11,18-20H2,1H3. The largest absolute Gasteiger partial charge is 0.490 e. The number of benzene rings is 2. The SMILES string of the molecule is C=CCOc1ccc(OC(=O)c2ccc(C3CCC4CC(CCCCC)CCC4C3)c(F)c2)cc1. The molecule has 2 saturated carbocycles. The lowest BCUT2D eigenvalue weighted by Crippen LogP contribution is -2.30. The van der Waals surface area contributed by atoms with Crippen molar-refractivity contribution in [3.8, 4) is 11.5 Å². The van der Waals surface area contributed by atoms with Crippen LogP contribution in [0.1, 0.15) is 93.0 Å². The molecule has 2 aliphatic carbocycles. The number of ether oxygens (including phenoxy) is 2. The van der Waals surface area contributed by atoms with Crippen LogP contribution in [0.4, 0.5) is 4.39 Å². The van der Waals surface area contributed by atoms with Crippen LogP contribution in [-0.2, 0) is 0 Å². The predicted octanol–water partition coefficient (Wildman–Crippen LogP) is 8.49. The van der Waals surface area contributed by atoms with Crippen LogP contribution in [0, 0.1) is 23.6 Å². The van der Waals surface area contributed by atoms with Gasteiger partial charge < -0.3 is 9.47 Å². The molecular weight excluding hydrogens is 439 g/mol. The van der Waals surface area contributed by atoms with Crippen LogP contribution in [0.3, 0.4) is 0 Å². The number of rotatable bonds is 10. The zero-order chi connectivity index (χ0) is 24.6. The van der Waals surface area contributed by atoms with Gasteiger partial charge in [0.15, 0.2) is 0 Å². The first-order valence-electron chi connectivity index (χ1n) is 13.4. The Balaban J connectivity index is 1.32. The number of hydrogen-bond donors (Lipinski definition) is 0. The van der Waals surface area contributed by atoms with Crippen molar-refractivity contribution in [3.05, 3.63) is 72.1 Å². The molecule has 0 spiro atoms. The zero-order valence-corrected chi connectivity index (χ0v) is 21.0. The molecule has 4 rings (SSSR count). The first-order chi connectivity index (χ1) is 17.1. The summed E-state index contributed by atoms with van der Waals surface area (Å²) < 4.78 is 26.0. The lowest BCUT2D eigenvalue weighted by atomic mass is 9.63. The molecule has 4 unspecified atom stereocenters. The molecule has 188 valence electrons. The Bertz CT molecular complexity index is 983. The summed E-state index contributed by atoms with van der Waals surface area (Å²) in [7, 11) is 0. The van der Waals surface area contributed by atoms with Gasteiger partial charge in [0.2, 0.25) is 0 Å². The Morgan fingerprint density at radius 3 is 2.49 bits per heavy atom. The second kappa shape index (κ2) is 12.4. The van der Waals surface area contributed by atoms with E-state index in [2.05, 4.69) is 13.5 Å². The first kappa shape index (κ1) is 25.5. The quantitative estimate of drug-likeness (QED) is 0.149. The summed E-state index contributed by atoms with van der Waals surface area (Å²) in [4.78, 5) is 12.6. The number of esters is 1. The van der Waals surface area contributed by atoms with Gasteiger partial charge >= 0.3 is 5.97 Å². The van der Waals surface area contributed by atoms with Gasteiger partial charge in [-0.2, -0.15) is 0 Å². The van der Waals surface area contributed by atoms with Crippen molar-refractivity contribution in [2.24, 2.45) is 17.8 Å². The summed E-state index contributed by atoms with van der Waals surface area (Å²) >= 11 is 0. The van der Waals surface area contributed by atoms with Crippen LogP contribution in [0.25, 0.3) is 0 Å². The molecule has 2 fully saturated rings. The first-order valence-corrected chi connectivity index (χ1v) is 13.4. The van der Waals surface area contributed by atoms with Crippen LogP contribution in [0.5, 0.6) is 11.5 Å². The van der Waals surface area contributed by atoms with Gasteiger partial charge in [0, 0.05) is 0 Å². The Kier molecular flexibility index (Phi) is 9.01. The fraction of sp³-hybridized carbons (Fsp3) is 0.516. The summed E-state index contributed by atoms with van der Waals surface area (Å²) in [5.41, 5.74) is 0.994. The van der Waals surface area contributed by atoms with Gasteiger partial charge in [-0.05, 0) is 97.7 Å². The maximum atomic E-state index is 15.1. The lowest BCUT2D eigenvalue weighted by Gasteiger charge is -2.42. The molecule has 2 aromatic rings. The Morgan fingerprint density at radius 2 is 1.74 bits per heavy atom. The molecule has 35 heavy (non-hydrogen) atoms. The molecule has 0 N–H and O–H groups in total. The summed E-state index contributed by atoms with van der Waals surface area (Å²) in [5.74, 6) is 2.91. The van der Waals surface area contributed by atoms with Crippen molar-refractivity contribution in [1.29, 1.82) is 0 Å². The molecule has 0 heterocycles. The Morgan fingerprint density at radius 1 is 1.00 bits per heavy atom. The number of carbonyl (C=O) groups is 1. The molecule has 2 aliphatic rings. The summed E-state index contributed by atoms with van der Waals surface area (Å²) in [5, 5.41) is 0. The fourth-order valence-electron chi connectivity index (χ4n) is 6.12. The van der Waals surface area contributed by atoms with Crippen molar-refractivity contribution >= 4 is 5.97 Å². The number of unbranched alkanes of at least 4 members (excludes halogenated alkanes) is 2. The van der Waals surface area contributed by atoms with Gasteiger partial charge in [-0.1, -0.05) is 57.7 Å². The van der Waals surface area contributed by atoms with Crippen LogP contribution in [0.2, 0.25) is 0 Å². The molecule has 3 nitrogen and oxygen atoms in total. The van der Waals surface area contributed by atoms with Crippen LogP contribution in [0.15, 0.2) is 55.1 Å². The maximum absolute atomic E-state index is 15.1. The molecule has 4 heteroatoms. The number of carbonyl (C=O) groups excluding carboxylic acids is 1. The van der Waals surface area contributed by atoms with Gasteiger partial charge in [0.25, 0.3) is 0 Å². The lowest BCUT2D eigenvalue weighted by molar-refractivity contribution is 0.0734. The summed E-state index contributed by atoms with van der Waals surface area (Å²) in [6.45, 7) is 6.30. The number of hydrogen-bond acceptors (Lipinski definition) is 3. The highest BCUT2D eigenvalue weighted by atomic mass is 19.1. The highest BCUT2D eigenvalue weighted by Crippen LogP contribution is 2.48. The van der Waals surface area contributed by atoms with E-state index in [-0.39, 0.29) is 17.3 Å². The van der Waals surface area contributed by atoms with E-state index >= 15 is 4.39 Å². The van der Waals surface area contributed by atoms with Gasteiger partial charge in [-0.3, -0.25) is 0 Å². The van der Waals surface area contributed by atoms with E-state index in [9.17, 15) is 4.79 Å². The second-order valence-electron chi connectivity index (χ2n) is 10.4. The third-order valence-electron chi connectivity index (χ3n) is 8.02. The molecule has 0 saturated heterocycles. The normalized spacial score (nSPS) is 23.8. The molecule has 0 radical (unpaired) electrons. The average Bonchev–Trinajstić information content (AvgIpc) is 2.88. The second-order valence-corrected chi connectivity index (χ2v) is 10.4. The minimum Gasteiger partial charge on any atom is -0.490 e. The smallest absolute Gasteiger partial charge is 0.343 e. The third kappa shape index (κ3) is 6.74. The Hall–Kier alpha value is -2.62. The topological polar surface area (TPSA) is 35.5 Å². The third-order valence-corrected chi connectivity index (χ3v) is 8.02. The van der Waals surface area contributed by atoms with Crippen molar-refractivity contribution in [2.45, 2.75) is 77.0 Å². The monoisotopic (exact) mass is 478 g/mol. The van der Waals surface area contributed by atoms with Crippen molar-refractivity contribution < 1.29 is 18.7 Å². The van der Waals surface area contributed by atoms with Crippen LogP contribution >= 0.6 is 0 Å². The summed E-state index contributed by atoms with van der Waals surface area (Å²) in [6.07, 6.45) is 14.4. The molecule has 0 aromatic heterocycles. The van der Waals surface area contributed by atoms with Crippen LogP contribution in [-0.4, -0.2) is 12.6 Å². The highest BCUT2D eigenvalue weighted by molar-refractivity contribution is 5.91. The van der Waals surface area contributed by atoms with Crippen molar-refractivity contribution in [2.75, 3.05) is 6.61 Å². The molecule has 0 amide bonds. The average molecular weight is 479 g/mol. The van der Waals surface area contributed by atoms with E-state index < -0.39 is 5.97 Å². The molecule has 4 atom stereocenters.